The maximum absolute atomic E-state index is 11.8. The van der Waals surface area contributed by atoms with Gasteiger partial charge in [-0.25, -0.2) is 8.78 Å². The van der Waals surface area contributed by atoms with E-state index in [2.05, 4.69) is 0 Å². The molecule has 0 unspecified atom stereocenters. The van der Waals surface area contributed by atoms with Gasteiger partial charge in [-0.15, -0.1) is 0 Å². The Kier molecular flexibility index (Phi) is 6.68. The average molecular weight is 204 g/mol. The number of ether oxygens (including phenoxy) is 2. The van der Waals surface area contributed by atoms with Gasteiger partial charge < -0.3 is 9.47 Å². The van der Waals surface area contributed by atoms with Crippen molar-refractivity contribution in [2.24, 2.45) is 0 Å². The number of hydrogen-bond donors (Lipinski definition) is 0. The van der Waals surface area contributed by atoms with E-state index >= 15 is 0 Å². The standard InChI is InChI=1S/C8H14F2O2.Na.H/c1-8(11-5-6-12-8)4-2-3-7(9)10;;/h7H,2-6H2,1H3;;. The van der Waals surface area contributed by atoms with Gasteiger partial charge in [0.2, 0.25) is 6.43 Å². The molecule has 1 aliphatic rings. The molecule has 2 nitrogen and oxygen atoms in total. The van der Waals surface area contributed by atoms with Crippen molar-refractivity contribution in [2.75, 3.05) is 13.2 Å². The Labute approximate surface area is 99.3 Å². The van der Waals surface area contributed by atoms with Crippen LogP contribution in [0.3, 0.4) is 0 Å². The Morgan fingerprint density at radius 2 is 1.85 bits per heavy atom. The first-order valence-corrected chi connectivity index (χ1v) is 4.18. The zero-order chi connectivity index (χ0) is 9.03. The molecule has 0 bridgehead atoms. The van der Waals surface area contributed by atoms with Crippen molar-refractivity contribution < 1.29 is 18.3 Å². The SMILES string of the molecule is CC1(CCCC(F)F)OCCO1.[NaH]. The van der Waals surface area contributed by atoms with Gasteiger partial charge in [0.1, 0.15) is 0 Å². The van der Waals surface area contributed by atoms with Crippen molar-refractivity contribution in [3.8, 4) is 0 Å². The molecular formula is C8H15F2NaO2. The molecule has 0 aromatic carbocycles. The fourth-order valence-corrected chi connectivity index (χ4v) is 1.28. The molecule has 0 radical (unpaired) electrons. The molecule has 0 atom stereocenters. The summed E-state index contributed by atoms with van der Waals surface area (Å²) in [4.78, 5) is 0. The van der Waals surface area contributed by atoms with Gasteiger partial charge in [-0.2, -0.15) is 0 Å². The average Bonchev–Trinajstić information content (AvgIpc) is 2.35. The molecular weight excluding hydrogens is 189 g/mol. The summed E-state index contributed by atoms with van der Waals surface area (Å²) in [6, 6.07) is 0. The predicted octanol–water partition coefficient (Wildman–Crippen LogP) is 1.54. The van der Waals surface area contributed by atoms with E-state index in [0.717, 1.165) is 0 Å². The molecule has 1 heterocycles. The molecule has 0 saturated carbocycles. The normalized spacial score (nSPS) is 20.3. The summed E-state index contributed by atoms with van der Waals surface area (Å²) >= 11 is 0. The Morgan fingerprint density at radius 3 is 2.31 bits per heavy atom. The molecule has 0 aromatic heterocycles. The Balaban J connectivity index is 0.00000144. The molecule has 13 heavy (non-hydrogen) atoms. The minimum atomic E-state index is -2.21. The summed E-state index contributed by atoms with van der Waals surface area (Å²) < 4.78 is 34.0. The van der Waals surface area contributed by atoms with Gasteiger partial charge in [0.05, 0.1) is 13.2 Å². The van der Waals surface area contributed by atoms with Gasteiger partial charge in [0, 0.05) is 12.8 Å². The second-order valence-corrected chi connectivity index (χ2v) is 3.11. The van der Waals surface area contributed by atoms with Crippen molar-refractivity contribution in [2.45, 2.75) is 38.4 Å². The second-order valence-electron chi connectivity index (χ2n) is 3.11. The summed E-state index contributed by atoms with van der Waals surface area (Å²) in [5, 5.41) is 0. The Bertz CT molecular complexity index is 138. The first kappa shape index (κ1) is 13.8. The predicted molar refractivity (Wildman–Crippen MR) is 47.3 cm³/mol. The Hall–Kier alpha value is 0.780. The molecule has 0 N–H and O–H groups in total. The number of rotatable bonds is 4. The molecule has 0 aliphatic carbocycles. The molecule has 5 heteroatoms. The van der Waals surface area contributed by atoms with Gasteiger partial charge >= 0.3 is 29.6 Å². The van der Waals surface area contributed by atoms with Crippen LogP contribution >= 0.6 is 0 Å². The van der Waals surface area contributed by atoms with E-state index in [9.17, 15) is 8.78 Å². The van der Waals surface area contributed by atoms with Crippen LogP contribution in [0.25, 0.3) is 0 Å². The first-order valence-electron chi connectivity index (χ1n) is 4.18. The third kappa shape index (κ3) is 5.27. The first-order chi connectivity index (χ1) is 5.62. The second kappa shape index (κ2) is 6.30. The minimum absolute atomic E-state index is 0. The molecule has 1 rings (SSSR count). The van der Waals surface area contributed by atoms with E-state index < -0.39 is 12.2 Å². The van der Waals surface area contributed by atoms with Crippen LogP contribution in [0.5, 0.6) is 0 Å². The van der Waals surface area contributed by atoms with Crippen molar-refractivity contribution in [1.29, 1.82) is 0 Å². The molecule has 1 aliphatic heterocycles. The summed E-state index contributed by atoms with van der Waals surface area (Å²) in [7, 11) is 0. The van der Waals surface area contributed by atoms with Crippen molar-refractivity contribution >= 4 is 29.6 Å². The summed E-state index contributed by atoms with van der Waals surface area (Å²) in [6.07, 6.45) is -1.27. The van der Waals surface area contributed by atoms with E-state index in [0.29, 0.717) is 26.1 Å². The topological polar surface area (TPSA) is 18.5 Å². The van der Waals surface area contributed by atoms with Crippen LogP contribution in [0.4, 0.5) is 8.78 Å². The van der Waals surface area contributed by atoms with Crippen molar-refractivity contribution in [3.05, 3.63) is 0 Å². The number of alkyl halides is 2. The third-order valence-corrected chi connectivity index (χ3v) is 1.95. The summed E-state index contributed by atoms with van der Waals surface area (Å²) in [5.41, 5.74) is 0. The van der Waals surface area contributed by atoms with Crippen molar-refractivity contribution in [3.63, 3.8) is 0 Å². The van der Waals surface area contributed by atoms with Crippen LogP contribution in [-0.4, -0.2) is 55.0 Å². The zero-order valence-corrected chi connectivity index (χ0v) is 7.19. The molecule has 1 saturated heterocycles. The number of hydrogen-bond acceptors (Lipinski definition) is 2. The van der Waals surface area contributed by atoms with Crippen LogP contribution < -0.4 is 0 Å². The van der Waals surface area contributed by atoms with Gasteiger partial charge in [0.15, 0.2) is 5.79 Å². The van der Waals surface area contributed by atoms with Crippen LogP contribution in [-0.2, 0) is 9.47 Å². The molecule has 0 spiro atoms. The van der Waals surface area contributed by atoms with Crippen LogP contribution in [0.1, 0.15) is 26.2 Å². The maximum atomic E-state index is 11.8. The van der Waals surface area contributed by atoms with Gasteiger partial charge in [-0.3, -0.25) is 0 Å². The van der Waals surface area contributed by atoms with Crippen LogP contribution in [0.15, 0.2) is 0 Å². The molecule has 74 valence electrons. The van der Waals surface area contributed by atoms with Crippen LogP contribution in [0, 0.1) is 0 Å². The van der Waals surface area contributed by atoms with Crippen molar-refractivity contribution in [1.82, 2.24) is 0 Å². The van der Waals surface area contributed by atoms with E-state index in [-0.39, 0.29) is 36.0 Å². The monoisotopic (exact) mass is 204 g/mol. The van der Waals surface area contributed by atoms with E-state index in [1.165, 1.54) is 0 Å². The third-order valence-electron chi connectivity index (χ3n) is 1.95. The van der Waals surface area contributed by atoms with Gasteiger partial charge in [-0.05, 0) is 13.3 Å². The molecule has 0 amide bonds. The quantitative estimate of drug-likeness (QED) is 0.646. The fourth-order valence-electron chi connectivity index (χ4n) is 1.28. The van der Waals surface area contributed by atoms with Gasteiger partial charge in [0.25, 0.3) is 0 Å². The van der Waals surface area contributed by atoms with E-state index in [1.54, 1.807) is 6.92 Å². The summed E-state index contributed by atoms with van der Waals surface area (Å²) in [5.74, 6) is -0.602. The van der Waals surface area contributed by atoms with E-state index in [1.807, 2.05) is 0 Å². The number of halogens is 2. The summed E-state index contributed by atoms with van der Waals surface area (Å²) in [6.45, 7) is 2.95. The molecule has 1 fully saturated rings. The van der Waals surface area contributed by atoms with Crippen LogP contribution in [0.2, 0.25) is 0 Å². The Morgan fingerprint density at radius 1 is 1.31 bits per heavy atom. The van der Waals surface area contributed by atoms with Gasteiger partial charge in [-0.1, -0.05) is 0 Å². The zero-order valence-electron chi connectivity index (χ0n) is 7.19. The van der Waals surface area contributed by atoms with E-state index in [4.69, 9.17) is 9.47 Å². The molecule has 0 aromatic rings. The fraction of sp³-hybridized carbons (Fsp3) is 1.00.